The number of H-pyrrole nitrogens is 2. The number of nitrogens with two attached hydrogens (primary N) is 1. The first kappa shape index (κ1) is 73.8. The summed E-state index contributed by atoms with van der Waals surface area (Å²) in [7, 11) is -10.7. The Hall–Kier alpha value is -8.95. The van der Waals surface area contributed by atoms with Crippen LogP contribution in [0.3, 0.4) is 0 Å². The monoisotopic (exact) mass is 1320 g/mol. The van der Waals surface area contributed by atoms with E-state index >= 15 is 0 Å². The number of nitrogen functional groups attached to an aromatic ring is 1. The molecule has 488 valence electrons. The highest BCUT2D eigenvalue weighted by Crippen LogP contribution is 2.82. The Labute approximate surface area is 534 Å². The number of nitrogens with one attached hydrogen (secondary N) is 7. The number of amides is 5. The molecule has 92 heavy (non-hydrogen) atoms. The molecule has 0 unspecified atom stereocenters. The van der Waals surface area contributed by atoms with Gasteiger partial charge < -0.3 is 52.3 Å². The van der Waals surface area contributed by atoms with Gasteiger partial charge in [-0.25, -0.2) is 46.1 Å². The van der Waals surface area contributed by atoms with Gasteiger partial charge in [0.1, 0.15) is 22.9 Å². The number of anilines is 2. The molecule has 4 aromatic heterocycles. The minimum Gasteiger partial charge on any atom is -0.472 e. The number of aliphatic carboxylic acids is 1. The second-order valence-corrected chi connectivity index (χ2v) is 27.0. The van der Waals surface area contributed by atoms with Crippen molar-refractivity contribution in [2.45, 2.75) is 87.0 Å². The second kappa shape index (κ2) is 38.0. The molecule has 8 aromatic rings. The third-order valence-corrected chi connectivity index (χ3v) is 21.9. The van der Waals surface area contributed by atoms with Crippen LogP contribution in [0.2, 0.25) is 0 Å². The van der Waals surface area contributed by atoms with Crippen LogP contribution in [0.25, 0.3) is 22.1 Å². The molecule has 5 amide bonds. The summed E-state index contributed by atoms with van der Waals surface area (Å²) in [6.45, 7) is 16.5. The SMILES string of the molecule is CCCP1(=O)OP(=O)(CCC)OP(=O)(CCC)O1.CCN(CC)CC.Nc1cccc(CNC(=O)NCc2ccnc3[nH]cc(F)c23)c1.O=C(C#Cc1ccccc1)Nc1cccc(CNC(=O)NCc2ccnc3[nH]cc(F)c23)c1.O=C(O)C#Cc1ccccc1. The average Bonchev–Trinajstić information content (AvgIpc) is 0.903. The maximum atomic E-state index is 13.9. The Morgan fingerprint density at radius 1 is 0.554 bits per heavy atom. The molecular formula is C65H78F2N11O11P3. The van der Waals surface area contributed by atoms with Crippen LogP contribution in [0.15, 0.2) is 146 Å². The van der Waals surface area contributed by atoms with Gasteiger partial charge in [-0.3, -0.25) is 18.5 Å². The molecule has 0 saturated carbocycles. The van der Waals surface area contributed by atoms with Crippen molar-refractivity contribution in [2.75, 3.05) is 49.2 Å². The van der Waals surface area contributed by atoms with Crippen molar-refractivity contribution in [3.63, 3.8) is 0 Å². The second-order valence-electron chi connectivity index (χ2n) is 20.0. The van der Waals surface area contributed by atoms with Gasteiger partial charge in [0.15, 0.2) is 0 Å². The first-order valence-corrected chi connectivity index (χ1v) is 34.8. The van der Waals surface area contributed by atoms with Crippen molar-refractivity contribution in [2.24, 2.45) is 0 Å². The fraction of sp³-hybridized carbons (Fsp3) is 0.292. The predicted molar refractivity (Wildman–Crippen MR) is 355 cm³/mol. The zero-order chi connectivity index (χ0) is 66.9. The number of hydrogen-bond acceptors (Lipinski definition) is 14. The van der Waals surface area contributed by atoms with E-state index in [9.17, 15) is 41.7 Å². The molecule has 4 aromatic carbocycles. The Bertz CT molecular complexity index is 3900. The predicted octanol–water partition coefficient (Wildman–Crippen LogP) is 13.3. The van der Waals surface area contributed by atoms with Crippen LogP contribution in [0, 0.1) is 35.3 Å². The highest BCUT2D eigenvalue weighted by Gasteiger charge is 2.51. The standard InChI is InChI=1S/C25H20FN5O2.C16H16FN5O.C9H21O6P3.C9H6O2.C6H15N/c26-21-16-28-24-23(21)19(11-12-27-24)15-30-25(33)29-14-18-7-4-8-20(13-18)31-22(32)10-9-17-5-2-1-3-6-17;17-13-9-20-15-14(13)11(4-5-19-15)8-22-16(23)21-7-10-2-1-3-12(18)6-10;1-4-7-16(10)13-17(11,8-5-2)15-18(12,14-16)9-6-3;10-9(11)7-6-8-4-2-1-3-5-8;1-4-7(5-2)6-3/h1-8,11-13,16H,14-15H2,(H,27,28)(H,31,32)(H2,29,30,33);1-6,9H,7-8,18H2,(H,19,20)(H2,21,22,23);4-9H2,1-3H3;1-5H,(H,10,11);4-6H2,1-3H3. The van der Waals surface area contributed by atoms with Gasteiger partial charge in [0.05, 0.1) is 29.3 Å². The number of pyridine rings is 2. The lowest BCUT2D eigenvalue weighted by Crippen LogP contribution is -2.34. The normalized spacial score (nSPS) is 16.1. The van der Waals surface area contributed by atoms with Crippen molar-refractivity contribution in [3.8, 4) is 23.7 Å². The van der Waals surface area contributed by atoms with E-state index in [0.717, 1.165) is 22.3 Å². The van der Waals surface area contributed by atoms with Crippen LogP contribution in [0.5, 0.6) is 0 Å². The van der Waals surface area contributed by atoms with Gasteiger partial charge in [0.2, 0.25) is 0 Å². The lowest BCUT2D eigenvalue weighted by Gasteiger charge is -2.33. The van der Waals surface area contributed by atoms with Crippen LogP contribution in [-0.2, 0) is 62.4 Å². The molecule has 22 nitrogen and oxygen atoms in total. The molecule has 9 rings (SSSR count). The lowest BCUT2D eigenvalue weighted by molar-refractivity contribution is -0.130. The van der Waals surface area contributed by atoms with Gasteiger partial charge >= 0.3 is 46.7 Å². The van der Waals surface area contributed by atoms with E-state index < -0.39 is 46.5 Å². The van der Waals surface area contributed by atoms with Gasteiger partial charge in [-0.05, 0) is 122 Å². The lowest BCUT2D eigenvalue weighted by atomic mass is 10.2. The molecule has 1 aliphatic heterocycles. The topological polar surface area (TPSA) is 314 Å². The molecular weight excluding hydrogens is 1240 g/mol. The summed E-state index contributed by atoms with van der Waals surface area (Å²) in [5, 5.41) is 22.6. The van der Waals surface area contributed by atoms with Crippen LogP contribution in [0.4, 0.5) is 29.7 Å². The number of aromatic amines is 2. The quantitative estimate of drug-likeness (QED) is 0.0219. The first-order chi connectivity index (χ1) is 44.1. The molecule has 1 saturated heterocycles. The smallest absolute Gasteiger partial charge is 0.382 e. The fourth-order valence-corrected chi connectivity index (χ4v) is 17.9. The Balaban J connectivity index is 0.000000228. The molecule has 0 radical (unpaired) electrons. The van der Waals surface area contributed by atoms with Crippen molar-refractivity contribution >= 4 is 80.2 Å². The minimum absolute atomic E-state index is 0.109. The number of halogens is 2. The maximum Gasteiger partial charge on any atom is 0.382 e. The molecule has 0 atom stereocenters. The number of rotatable bonds is 18. The Morgan fingerprint density at radius 3 is 1.37 bits per heavy atom. The summed E-state index contributed by atoms with van der Waals surface area (Å²) >= 11 is 0. The van der Waals surface area contributed by atoms with Gasteiger partial charge in [-0.15, -0.1) is 0 Å². The van der Waals surface area contributed by atoms with Crippen LogP contribution in [-0.4, -0.2) is 92.0 Å². The molecule has 5 heterocycles. The number of urea groups is 2. The largest absolute Gasteiger partial charge is 0.472 e. The van der Waals surface area contributed by atoms with Crippen LogP contribution in [0.1, 0.15) is 94.2 Å². The first-order valence-electron chi connectivity index (χ1n) is 29.6. The summed E-state index contributed by atoms with van der Waals surface area (Å²) in [5.74, 6) is 7.55. The number of carbonyl (C=O) groups excluding carboxylic acids is 3. The number of aromatic nitrogens is 4. The average molecular weight is 1320 g/mol. The molecule has 0 aliphatic carbocycles. The molecule has 1 fully saturated rings. The van der Waals surface area contributed by atoms with E-state index in [1.54, 1.807) is 87.8 Å². The minimum atomic E-state index is -3.57. The summed E-state index contributed by atoms with van der Waals surface area (Å²) in [6, 6.07) is 35.2. The Morgan fingerprint density at radius 2 is 0.967 bits per heavy atom. The fourth-order valence-electron chi connectivity index (χ4n) is 8.57. The number of nitrogens with zero attached hydrogens (tertiary/aromatic N) is 3. The highest BCUT2D eigenvalue weighted by atomic mass is 31.3. The third kappa shape index (κ3) is 25.4. The number of benzene rings is 4. The van der Waals surface area contributed by atoms with Crippen LogP contribution >= 0.6 is 22.8 Å². The number of carboxylic acids is 1. The molecule has 0 spiro atoms. The zero-order valence-electron chi connectivity index (χ0n) is 52.1. The van der Waals surface area contributed by atoms with E-state index in [2.05, 4.69) is 90.0 Å². The summed E-state index contributed by atoms with van der Waals surface area (Å²) in [4.78, 5) is 62.1. The zero-order valence-corrected chi connectivity index (χ0v) is 54.8. The Kier molecular flexibility index (Phi) is 30.5. The maximum absolute atomic E-state index is 13.9. The number of hydrogen-bond donors (Lipinski definition) is 9. The van der Waals surface area contributed by atoms with E-state index in [-0.39, 0.29) is 50.0 Å². The number of carbonyl (C=O) groups is 4. The number of carboxylic acid groups (broad SMARTS) is 1. The van der Waals surface area contributed by atoms with Gasteiger partial charge in [-0.1, -0.05) is 114 Å². The van der Waals surface area contributed by atoms with Crippen molar-refractivity contribution in [1.82, 2.24) is 46.1 Å². The van der Waals surface area contributed by atoms with E-state index in [1.807, 2.05) is 72.7 Å². The molecule has 1 aliphatic rings. The molecule has 10 N–H and O–H groups in total. The summed E-state index contributed by atoms with van der Waals surface area (Å²) in [6.07, 6.45) is 7.55. The third-order valence-electron chi connectivity index (χ3n) is 12.9. The summed E-state index contributed by atoms with van der Waals surface area (Å²) < 4.78 is 79.9. The van der Waals surface area contributed by atoms with E-state index in [0.29, 0.717) is 70.4 Å². The van der Waals surface area contributed by atoms with Crippen molar-refractivity contribution in [1.29, 1.82) is 0 Å². The van der Waals surface area contributed by atoms with E-state index in [1.165, 1.54) is 32.0 Å². The summed E-state index contributed by atoms with van der Waals surface area (Å²) in [5.41, 5.74) is 12.2. The van der Waals surface area contributed by atoms with Gasteiger partial charge in [-0.2, -0.15) is 0 Å². The van der Waals surface area contributed by atoms with Crippen LogP contribution < -0.4 is 32.3 Å². The van der Waals surface area contributed by atoms with Gasteiger partial charge in [0, 0.05) is 85.3 Å². The molecule has 0 bridgehead atoms. The van der Waals surface area contributed by atoms with E-state index in [4.69, 9.17) is 23.8 Å². The number of fused-ring (bicyclic) bond motifs is 2. The highest BCUT2D eigenvalue weighted by molar-refractivity contribution is 7.80. The van der Waals surface area contributed by atoms with Gasteiger partial charge in [0.25, 0.3) is 0 Å². The van der Waals surface area contributed by atoms with Crippen molar-refractivity contribution < 1.29 is 59.7 Å². The molecule has 27 heteroatoms. The van der Waals surface area contributed by atoms with Crippen molar-refractivity contribution in [3.05, 3.63) is 191 Å².